The number of rotatable bonds is 4. The van der Waals surface area contributed by atoms with E-state index in [0.29, 0.717) is 13.1 Å². The molecule has 1 aromatic carbocycles. The molecule has 0 radical (unpaired) electrons. The normalized spacial score (nSPS) is 10.5. The second-order valence-corrected chi connectivity index (χ2v) is 4.52. The number of benzene rings is 1. The highest BCUT2D eigenvalue weighted by atomic mass is 16.5. The van der Waals surface area contributed by atoms with Gasteiger partial charge in [0, 0.05) is 24.4 Å². The predicted octanol–water partition coefficient (Wildman–Crippen LogP) is 1.67. The van der Waals surface area contributed by atoms with Crippen molar-refractivity contribution in [2.24, 2.45) is 5.73 Å². The molecule has 2 rings (SSSR count). The molecule has 4 nitrogen and oxygen atoms in total. The number of hydrogen-bond donors (Lipinski definition) is 1. The van der Waals surface area contributed by atoms with Crippen molar-refractivity contribution in [3.05, 3.63) is 63.6 Å². The van der Waals surface area contributed by atoms with Crippen LogP contribution in [-0.2, 0) is 13.1 Å². The Bertz CT molecular complexity index is 632. The van der Waals surface area contributed by atoms with Crippen LogP contribution in [0.15, 0.2) is 41.3 Å². The lowest BCUT2D eigenvalue weighted by Gasteiger charge is -2.10. The number of nitrogens with zero attached hydrogens (tertiary/aromatic N) is 1. The third kappa shape index (κ3) is 3.03. The highest BCUT2D eigenvalue weighted by Crippen LogP contribution is 2.19. The van der Waals surface area contributed by atoms with Crippen LogP contribution in [0.25, 0.3) is 0 Å². The topological polar surface area (TPSA) is 57.2 Å². The minimum Gasteiger partial charge on any atom is -0.496 e. The lowest BCUT2D eigenvalue weighted by molar-refractivity contribution is 0.409. The summed E-state index contributed by atoms with van der Waals surface area (Å²) in [7, 11) is 1.62. The minimum atomic E-state index is 0.00474. The highest BCUT2D eigenvalue weighted by molar-refractivity contribution is 5.37. The van der Waals surface area contributed by atoms with Gasteiger partial charge in [0.15, 0.2) is 0 Å². The van der Waals surface area contributed by atoms with E-state index in [1.807, 2.05) is 37.4 Å². The van der Waals surface area contributed by atoms with Crippen molar-refractivity contribution >= 4 is 0 Å². The fourth-order valence-corrected chi connectivity index (χ4v) is 2.02. The van der Waals surface area contributed by atoms with Crippen LogP contribution in [0.3, 0.4) is 0 Å². The van der Waals surface area contributed by atoms with Gasteiger partial charge in [0.1, 0.15) is 5.75 Å². The van der Waals surface area contributed by atoms with E-state index >= 15 is 0 Å². The predicted molar refractivity (Wildman–Crippen MR) is 75.4 cm³/mol. The molecule has 0 saturated heterocycles. The van der Waals surface area contributed by atoms with Gasteiger partial charge in [0.25, 0.3) is 5.56 Å². The monoisotopic (exact) mass is 258 g/mol. The van der Waals surface area contributed by atoms with Crippen molar-refractivity contribution in [2.75, 3.05) is 7.11 Å². The van der Waals surface area contributed by atoms with Gasteiger partial charge < -0.3 is 15.0 Å². The SMILES string of the molecule is COc1ccc(Cn2ccc(C)cc2=O)cc1CN. The molecule has 4 heteroatoms. The third-order valence-electron chi connectivity index (χ3n) is 3.07. The molecule has 0 spiro atoms. The number of hydrogen-bond acceptors (Lipinski definition) is 3. The molecule has 100 valence electrons. The van der Waals surface area contributed by atoms with Crippen LogP contribution in [0.5, 0.6) is 5.75 Å². The zero-order valence-electron chi connectivity index (χ0n) is 11.2. The number of nitrogens with two attached hydrogens (primary N) is 1. The molecule has 0 bridgehead atoms. The summed E-state index contributed by atoms with van der Waals surface area (Å²) in [6, 6.07) is 9.37. The van der Waals surface area contributed by atoms with Crippen LogP contribution >= 0.6 is 0 Å². The summed E-state index contributed by atoms with van der Waals surface area (Å²) < 4.78 is 6.91. The summed E-state index contributed by atoms with van der Waals surface area (Å²) in [5.41, 5.74) is 8.64. The number of ether oxygens (including phenoxy) is 1. The smallest absolute Gasteiger partial charge is 0.251 e. The first kappa shape index (κ1) is 13.4. The van der Waals surface area contributed by atoms with Gasteiger partial charge in [-0.05, 0) is 36.2 Å². The van der Waals surface area contributed by atoms with E-state index in [2.05, 4.69) is 0 Å². The van der Waals surface area contributed by atoms with Gasteiger partial charge in [-0.2, -0.15) is 0 Å². The van der Waals surface area contributed by atoms with Crippen molar-refractivity contribution in [3.8, 4) is 5.75 Å². The van der Waals surface area contributed by atoms with Crippen LogP contribution in [-0.4, -0.2) is 11.7 Å². The van der Waals surface area contributed by atoms with Gasteiger partial charge in [-0.3, -0.25) is 4.79 Å². The van der Waals surface area contributed by atoms with Crippen molar-refractivity contribution in [2.45, 2.75) is 20.0 Å². The fourth-order valence-electron chi connectivity index (χ4n) is 2.02. The quantitative estimate of drug-likeness (QED) is 0.907. The van der Waals surface area contributed by atoms with Crippen LogP contribution in [0.1, 0.15) is 16.7 Å². The molecule has 19 heavy (non-hydrogen) atoms. The van der Waals surface area contributed by atoms with E-state index in [9.17, 15) is 4.79 Å². The molecule has 2 N–H and O–H groups in total. The van der Waals surface area contributed by atoms with Crippen molar-refractivity contribution in [1.82, 2.24) is 4.57 Å². The Hall–Kier alpha value is -2.07. The molecule has 0 amide bonds. The second-order valence-electron chi connectivity index (χ2n) is 4.52. The van der Waals surface area contributed by atoms with E-state index in [-0.39, 0.29) is 5.56 Å². The molecule has 0 aliphatic carbocycles. The number of methoxy groups -OCH3 is 1. The van der Waals surface area contributed by atoms with E-state index in [1.54, 1.807) is 17.7 Å². The van der Waals surface area contributed by atoms with Gasteiger partial charge in [0.2, 0.25) is 0 Å². The molecule has 0 fully saturated rings. The van der Waals surface area contributed by atoms with Crippen LogP contribution in [0.2, 0.25) is 0 Å². The zero-order valence-corrected chi connectivity index (χ0v) is 11.2. The van der Waals surface area contributed by atoms with Gasteiger partial charge in [-0.15, -0.1) is 0 Å². The molecular weight excluding hydrogens is 240 g/mol. The molecule has 2 aromatic rings. The standard InChI is InChI=1S/C15H18N2O2/c1-11-5-6-17(15(18)7-11)10-12-3-4-14(19-2)13(8-12)9-16/h3-8H,9-10,16H2,1-2H3. The first-order valence-corrected chi connectivity index (χ1v) is 6.17. The first-order chi connectivity index (χ1) is 9.13. The van der Waals surface area contributed by atoms with Gasteiger partial charge in [-0.1, -0.05) is 6.07 Å². The summed E-state index contributed by atoms with van der Waals surface area (Å²) in [5.74, 6) is 0.780. The number of aromatic nitrogens is 1. The Labute approximate surface area is 112 Å². The second kappa shape index (κ2) is 5.71. The van der Waals surface area contributed by atoms with Gasteiger partial charge in [0.05, 0.1) is 13.7 Å². The lowest BCUT2D eigenvalue weighted by Crippen LogP contribution is -2.19. The summed E-state index contributed by atoms with van der Waals surface area (Å²) >= 11 is 0. The first-order valence-electron chi connectivity index (χ1n) is 6.17. The van der Waals surface area contributed by atoms with E-state index in [1.165, 1.54) is 0 Å². The molecule has 0 aliphatic heterocycles. The summed E-state index contributed by atoms with van der Waals surface area (Å²) in [6.07, 6.45) is 1.81. The average molecular weight is 258 g/mol. The van der Waals surface area contributed by atoms with Crippen LogP contribution in [0.4, 0.5) is 0 Å². The largest absolute Gasteiger partial charge is 0.496 e. The van der Waals surface area contributed by atoms with E-state index in [0.717, 1.165) is 22.4 Å². The Morgan fingerprint density at radius 2 is 2.05 bits per heavy atom. The third-order valence-corrected chi connectivity index (χ3v) is 3.07. The van der Waals surface area contributed by atoms with Crippen molar-refractivity contribution in [3.63, 3.8) is 0 Å². The maximum absolute atomic E-state index is 11.8. The van der Waals surface area contributed by atoms with E-state index < -0.39 is 0 Å². The van der Waals surface area contributed by atoms with Crippen LogP contribution in [0, 0.1) is 6.92 Å². The molecule has 1 aromatic heterocycles. The van der Waals surface area contributed by atoms with Crippen molar-refractivity contribution in [1.29, 1.82) is 0 Å². The van der Waals surface area contributed by atoms with Gasteiger partial charge >= 0.3 is 0 Å². The number of aryl methyl sites for hydroxylation is 1. The Morgan fingerprint density at radius 3 is 2.68 bits per heavy atom. The minimum absolute atomic E-state index is 0.00474. The summed E-state index contributed by atoms with van der Waals surface area (Å²) in [4.78, 5) is 11.8. The van der Waals surface area contributed by atoms with E-state index in [4.69, 9.17) is 10.5 Å². The summed E-state index contributed by atoms with van der Waals surface area (Å²) in [6.45, 7) is 2.86. The molecule has 0 atom stereocenters. The Morgan fingerprint density at radius 1 is 1.26 bits per heavy atom. The van der Waals surface area contributed by atoms with Gasteiger partial charge in [-0.25, -0.2) is 0 Å². The lowest BCUT2D eigenvalue weighted by atomic mass is 10.1. The maximum Gasteiger partial charge on any atom is 0.251 e. The molecular formula is C15H18N2O2. The number of pyridine rings is 1. The fraction of sp³-hybridized carbons (Fsp3) is 0.267. The maximum atomic E-state index is 11.8. The zero-order chi connectivity index (χ0) is 13.8. The van der Waals surface area contributed by atoms with Crippen LogP contribution < -0.4 is 16.0 Å². The molecule has 1 heterocycles. The Balaban J connectivity index is 2.30. The van der Waals surface area contributed by atoms with Crippen molar-refractivity contribution < 1.29 is 4.74 Å². The molecule has 0 unspecified atom stereocenters. The summed E-state index contributed by atoms with van der Waals surface area (Å²) in [5, 5.41) is 0. The molecule has 0 saturated carbocycles. The highest BCUT2D eigenvalue weighted by Gasteiger charge is 2.04. The Kier molecular flexibility index (Phi) is 4.02. The average Bonchev–Trinajstić information content (AvgIpc) is 2.41. The molecule has 0 aliphatic rings.